The van der Waals surface area contributed by atoms with Crippen LogP contribution in [0.5, 0.6) is 0 Å². The van der Waals surface area contributed by atoms with Gasteiger partial charge in [-0.05, 0) is 44.7 Å². The summed E-state index contributed by atoms with van der Waals surface area (Å²) in [6.07, 6.45) is 7.69. The number of nitro benzene ring substituents is 1. The van der Waals surface area contributed by atoms with Gasteiger partial charge in [-0.1, -0.05) is 25.0 Å². The summed E-state index contributed by atoms with van der Waals surface area (Å²) < 4.78 is 10.8. The molecule has 2 aliphatic rings. The Hall–Kier alpha value is -4.02. The number of amides is 2. The third kappa shape index (κ3) is 7.34. The van der Waals surface area contributed by atoms with Crippen LogP contribution >= 0.6 is 0 Å². The molecule has 40 heavy (non-hydrogen) atoms. The number of likely N-dealkylation sites (tertiary alicyclic amines) is 1. The van der Waals surface area contributed by atoms with Crippen molar-refractivity contribution >= 4 is 29.4 Å². The summed E-state index contributed by atoms with van der Waals surface area (Å²) in [6, 6.07) is 4.04. The molecule has 1 heterocycles. The van der Waals surface area contributed by atoms with Crippen LogP contribution in [-0.2, 0) is 23.9 Å². The molecule has 1 aromatic rings. The van der Waals surface area contributed by atoms with E-state index < -0.39 is 40.5 Å². The minimum Gasteiger partial charge on any atom is -0.464 e. The van der Waals surface area contributed by atoms with Gasteiger partial charge < -0.3 is 19.7 Å². The number of carbonyl (C=O) groups is 4. The van der Waals surface area contributed by atoms with Crippen LogP contribution in [-0.4, -0.2) is 64.4 Å². The SMILES string of the molecule is C=CCCCCCCC(=O)N1C[C@H](OC(=O)c2ccc([N+](=O)[O-])cc2)C[C@H]1C(=O)N[C@]1(C(=O)OCC)C[C@H]1C=C. The lowest BCUT2D eigenvalue weighted by atomic mass is 10.1. The third-order valence-corrected chi connectivity index (χ3v) is 7.31. The topological polar surface area (TPSA) is 145 Å². The summed E-state index contributed by atoms with van der Waals surface area (Å²) in [5.41, 5.74) is -1.27. The number of esters is 2. The van der Waals surface area contributed by atoms with E-state index in [2.05, 4.69) is 18.5 Å². The van der Waals surface area contributed by atoms with Gasteiger partial charge in [0.05, 0.1) is 23.6 Å². The second-order valence-corrected chi connectivity index (χ2v) is 10.1. The van der Waals surface area contributed by atoms with Gasteiger partial charge in [0.15, 0.2) is 0 Å². The molecule has 1 aliphatic carbocycles. The number of nitrogens with one attached hydrogen (secondary N) is 1. The summed E-state index contributed by atoms with van der Waals surface area (Å²) in [5.74, 6) is -2.31. The molecule has 1 aliphatic heterocycles. The Morgan fingerprint density at radius 2 is 1.85 bits per heavy atom. The first kappa shape index (κ1) is 30.5. The molecule has 0 unspecified atom stereocenters. The van der Waals surface area contributed by atoms with Crippen molar-refractivity contribution < 1.29 is 33.6 Å². The Labute approximate surface area is 233 Å². The fourth-order valence-corrected chi connectivity index (χ4v) is 4.97. The molecule has 1 saturated heterocycles. The summed E-state index contributed by atoms with van der Waals surface area (Å²) in [6.45, 7) is 9.29. The summed E-state index contributed by atoms with van der Waals surface area (Å²) >= 11 is 0. The number of ether oxygens (including phenoxy) is 2. The van der Waals surface area contributed by atoms with Crippen molar-refractivity contribution in [2.75, 3.05) is 13.2 Å². The summed E-state index contributed by atoms with van der Waals surface area (Å²) in [5, 5.41) is 13.7. The molecule has 4 atom stereocenters. The second kappa shape index (κ2) is 13.9. The van der Waals surface area contributed by atoms with E-state index in [1.54, 1.807) is 13.0 Å². The summed E-state index contributed by atoms with van der Waals surface area (Å²) in [7, 11) is 0. The Morgan fingerprint density at radius 1 is 1.15 bits per heavy atom. The lowest BCUT2D eigenvalue weighted by Crippen LogP contribution is -2.53. The van der Waals surface area contributed by atoms with Crippen LogP contribution < -0.4 is 5.32 Å². The van der Waals surface area contributed by atoms with E-state index >= 15 is 0 Å². The van der Waals surface area contributed by atoms with Crippen molar-refractivity contribution in [2.24, 2.45) is 5.92 Å². The molecule has 11 nitrogen and oxygen atoms in total. The Balaban J connectivity index is 1.71. The number of allylic oxidation sites excluding steroid dienone is 1. The van der Waals surface area contributed by atoms with E-state index in [1.807, 2.05) is 6.08 Å². The molecule has 3 rings (SSSR count). The molecule has 2 fully saturated rings. The number of hydrogen-bond acceptors (Lipinski definition) is 8. The number of hydrogen-bond donors (Lipinski definition) is 1. The fourth-order valence-electron chi connectivity index (χ4n) is 4.97. The Kier molecular flexibility index (Phi) is 10.6. The van der Waals surface area contributed by atoms with E-state index in [4.69, 9.17) is 9.47 Å². The highest BCUT2D eigenvalue weighted by Crippen LogP contribution is 2.45. The van der Waals surface area contributed by atoms with Gasteiger partial charge in [-0.3, -0.25) is 19.7 Å². The number of nitro groups is 1. The molecule has 1 saturated carbocycles. The number of rotatable bonds is 15. The number of non-ortho nitro benzene ring substituents is 1. The number of nitrogens with zero attached hydrogens (tertiary/aromatic N) is 2. The van der Waals surface area contributed by atoms with E-state index in [0.29, 0.717) is 12.8 Å². The summed E-state index contributed by atoms with van der Waals surface area (Å²) in [4.78, 5) is 63.8. The van der Waals surface area contributed by atoms with Crippen molar-refractivity contribution in [1.82, 2.24) is 10.2 Å². The van der Waals surface area contributed by atoms with Gasteiger partial charge in [-0.2, -0.15) is 0 Å². The average molecular weight is 556 g/mol. The van der Waals surface area contributed by atoms with Crippen molar-refractivity contribution in [3.8, 4) is 0 Å². The lowest BCUT2D eigenvalue weighted by molar-refractivity contribution is -0.384. The van der Waals surface area contributed by atoms with Crippen LogP contribution in [0, 0.1) is 16.0 Å². The van der Waals surface area contributed by atoms with E-state index in [9.17, 15) is 29.3 Å². The predicted octanol–water partition coefficient (Wildman–Crippen LogP) is 3.87. The van der Waals surface area contributed by atoms with E-state index in [1.165, 1.54) is 29.2 Å². The fraction of sp³-hybridized carbons (Fsp3) is 0.517. The van der Waals surface area contributed by atoms with Gasteiger partial charge in [0.2, 0.25) is 11.8 Å². The maximum Gasteiger partial charge on any atom is 0.338 e. The number of benzene rings is 1. The normalized spacial score (nSPS) is 23.1. The first-order chi connectivity index (χ1) is 19.2. The number of carbonyl (C=O) groups excluding carboxylic acids is 4. The monoisotopic (exact) mass is 555 g/mol. The molecule has 2 amide bonds. The lowest BCUT2D eigenvalue weighted by Gasteiger charge is -2.26. The standard InChI is InChI=1S/C29H37N3O8/c1-4-7-8-9-10-11-12-25(33)31-19-23(40-27(35)20-13-15-22(16-14-20)32(37)38)17-24(31)26(34)30-29(18-21(29)5-2)28(36)39-6-3/h4-5,13-16,21,23-24H,1-2,6-12,17-19H2,3H3,(H,30,34)/t21-,23-,24+,29-/m1/s1. The molecular formula is C29H37N3O8. The van der Waals surface area contributed by atoms with Gasteiger partial charge >= 0.3 is 11.9 Å². The van der Waals surface area contributed by atoms with Crippen LogP contribution in [0.25, 0.3) is 0 Å². The van der Waals surface area contributed by atoms with Gasteiger partial charge in [-0.15, -0.1) is 13.2 Å². The van der Waals surface area contributed by atoms with Crippen LogP contribution in [0.3, 0.4) is 0 Å². The number of unbranched alkanes of at least 4 members (excludes halogenated alkanes) is 4. The second-order valence-electron chi connectivity index (χ2n) is 10.1. The molecule has 216 valence electrons. The predicted molar refractivity (Wildman–Crippen MR) is 146 cm³/mol. The minimum atomic E-state index is -1.22. The zero-order valence-electron chi connectivity index (χ0n) is 22.8. The van der Waals surface area contributed by atoms with Crippen LogP contribution in [0.4, 0.5) is 5.69 Å². The maximum atomic E-state index is 13.5. The minimum absolute atomic E-state index is 0.0173. The average Bonchev–Trinajstić information content (AvgIpc) is 3.49. The van der Waals surface area contributed by atoms with Crippen LogP contribution in [0.2, 0.25) is 0 Å². The molecule has 0 spiro atoms. The third-order valence-electron chi connectivity index (χ3n) is 7.31. The zero-order valence-corrected chi connectivity index (χ0v) is 22.8. The first-order valence-electron chi connectivity index (χ1n) is 13.6. The van der Waals surface area contributed by atoms with Gasteiger partial charge in [0.25, 0.3) is 5.69 Å². The van der Waals surface area contributed by atoms with Gasteiger partial charge in [-0.25, -0.2) is 9.59 Å². The molecule has 11 heteroatoms. The van der Waals surface area contributed by atoms with E-state index in [-0.39, 0.29) is 49.1 Å². The first-order valence-corrected chi connectivity index (χ1v) is 13.6. The van der Waals surface area contributed by atoms with E-state index in [0.717, 1.165) is 25.7 Å². The van der Waals surface area contributed by atoms with Crippen molar-refractivity contribution in [1.29, 1.82) is 0 Å². The van der Waals surface area contributed by atoms with Crippen molar-refractivity contribution in [3.05, 3.63) is 65.3 Å². The largest absolute Gasteiger partial charge is 0.464 e. The molecule has 1 aromatic carbocycles. The van der Waals surface area contributed by atoms with Gasteiger partial charge in [0.1, 0.15) is 17.7 Å². The Morgan fingerprint density at radius 3 is 2.45 bits per heavy atom. The van der Waals surface area contributed by atoms with Gasteiger partial charge in [0, 0.05) is 30.9 Å². The zero-order chi connectivity index (χ0) is 29.3. The highest BCUT2D eigenvalue weighted by molar-refractivity contribution is 5.95. The van der Waals surface area contributed by atoms with Crippen LogP contribution in [0.15, 0.2) is 49.6 Å². The smallest absolute Gasteiger partial charge is 0.338 e. The quantitative estimate of drug-likeness (QED) is 0.113. The molecular weight excluding hydrogens is 518 g/mol. The maximum absolute atomic E-state index is 13.5. The molecule has 0 radical (unpaired) electrons. The molecule has 0 bridgehead atoms. The molecule has 0 aromatic heterocycles. The molecule has 1 N–H and O–H groups in total. The Bertz CT molecular complexity index is 1130. The van der Waals surface area contributed by atoms with Crippen molar-refractivity contribution in [3.63, 3.8) is 0 Å². The van der Waals surface area contributed by atoms with Crippen molar-refractivity contribution in [2.45, 2.75) is 76.0 Å². The van der Waals surface area contributed by atoms with Crippen LogP contribution in [0.1, 0.15) is 68.6 Å². The highest BCUT2D eigenvalue weighted by atomic mass is 16.6. The highest BCUT2D eigenvalue weighted by Gasteiger charge is 2.62.